The first-order chi connectivity index (χ1) is 17.3. The van der Waals surface area contributed by atoms with Crippen molar-refractivity contribution in [2.75, 3.05) is 18.1 Å². The topological polar surface area (TPSA) is 62.2 Å². The monoisotopic (exact) mass is 533 g/mol. The molecule has 5 nitrogen and oxygen atoms in total. The molecule has 0 heterocycles. The number of nitrogens with zero attached hydrogens (tertiary/aromatic N) is 1. The highest BCUT2D eigenvalue weighted by molar-refractivity contribution is 5.52. The fraction of sp³-hybridized carbons (Fsp3) is 0.280. The average molecular weight is 533 g/mol. The van der Waals surface area contributed by atoms with Gasteiger partial charge in [-0.2, -0.15) is 26.3 Å². The summed E-state index contributed by atoms with van der Waals surface area (Å²) in [6, 6.07) is 16.6. The predicted molar refractivity (Wildman–Crippen MR) is 120 cm³/mol. The van der Waals surface area contributed by atoms with Crippen molar-refractivity contribution in [1.29, 1.82) is 0 Å². The van der Waals surface area contributed by atoms with Crippen LogP contribution in [0.1, 0.15) is 5.56 Å². The van der Waals surface area contributed by atoms with E-state index >= 15 is 0 Å². The van der Waals surface area contributed by atoms with Crippen LogP contribution in [0, 0.1) is 5.82 Å². The van der Waals surface area contributed by atoms with Crippen molar-refractivity contribution in [2.45, 2.75) is 31.1 Å². The number of aliphatic hydroxyl groups excluding tert-OH is 2. The molecule has 2 N–H and O–H groups in total. The number of benzene rings is 3. The van der Waals surface area contributed by atoms with E-state index in [1.165, 1.54) is 77.7 Å². The zero-order valence-electron chi connectivity index (χ0n) is 19.0. The number of halogens is 7. The van der Waals surface area contributed by atoms with Crippen LogP contribution in [-0.2, 0) is 6.54 Å². The number of anilines is 1. The van der Waals surface area contributed by atoms with E-state index in [2.05, 4.69) is 0 Å². The van der Waals surface area contributed by atoms with Gasteiger partial charge in [0.2, 0.25) is 0 Å². The van der Waals surface area contributed by atoms with Gasteiger partial charge >= 0.3 is 12.4 Å². The second kappa shape index (κ2) is 11.7. The lowest BCUT2D eigenvalue weighted by molar-refractivity contribution is -0.210. The van der Waals surface area contributed by atoms with E-state index in [4.69, 9.17) is 14.6 Å². The van der Waals surface area contributed by atoms with Gasteiger partial charge in [0.25, 0.3) is 0 Å². The fourth-order valence-corrected chi connectivity index (χ4v) is 3.18. The van der Waals surface area contributed by atoms with Crippen molar-refractivity contribution in [1.82, 2.24) is 0 Å². The Morgan fingerprint density at radius 3 is 2.00 bits per heavy atom. The molecular weight excluding hydrogens is 511 g/mol. The van der Waals surface area contributed by atoms with Gasteiger partial charge in [0.05, 0.1) is 6.54 Å². The molecule has 0 aromatic heterocycles. The third kappa shape index (κ3) is 8.53. The van der Waals surface area contributed by atoms with E-state index < -0.39 is 43.5 Å². The molecule has 0 aliphatic heterocycles. The summed E-state index contributed by atoms with van der Waals surface area (Å²) in [5.41, 5.74) is 0.597. The SMILES string of the molecule is OC(COc1cccc(CN(CC(O)C(F)(F)F)c2cccc(Oc3ccc(F)cc3)c2)c1)C(F)(F)F. The van der Waals surface area contributed by atoms with Gasteiger partial charge in [-0.15, -0.1) is 0 Å². The van der Waals surface area contributed by atoms with Crippen LogP contribution in [0.4, 0.5) is 36.4 Å². The highest BCUT2D eigenvalue weighted by Crippen LogP contribution is 2.30. The van der Waals surface area contributed by atoms with E-state index in [1.54, 1.807) is 0 Å². The molecule has 3 aromatic rings. The number of rotatable bonds is 10. The Morgan fingerprint density at radius 2 is 1.35 bits per heavy atom. The van der Waals surface area contributed by atoms with Crippen molar-refractivity contribution in [2.24, 2.45) is 0 Å². The van der Waals surface area contributed by atoms with E-state index in [9.17, 15) is 35.8 Å². The maximum atomic E-state index is 13.1. The van der Waals surface area contributed by atoms with Crippen LogP contribution in [0.15, 0.2) is 72.8 Å². The summed E-state index contributed by atoms with van der Waals surface area (Å²) in [6.07, 6.45) is -15.2. The Labute approximate surface area is 207 Å². The highest BCUT2D eigenvalue weighted by atomic mass is 19.4. The number of hydrogen-bond donors (Lipinski definition) is 2. The Balaban J connectivity index is 1.82. The van der Waals surface area contributed by atoms with Gasteiger partial charge < -0.3 is 24.6 Å². The summed E-state index contributed by atoms with van der Waals surface area (Å²) in [4.78, 5) is 1.21. The highest BCUT2D eigenvalue weighted by Gasteiger charge is 2.40. The Morgan fingerprint density at radius 1 is 0.730 bits per heavy atom. The molecule has 12 heteroatoms. The summed E-state index contributed by atoms with van der Waals surface area (Å²) in [5.74, 6) is -0.00166. The molecule has 0 saturated carbocycles. The Kier molecular flexibility index (Phi) is 8.87. The molecule has 0 radical (unpaired) electrons. The van der Waals surface area contributed by atoms with Crippen LogP contribution < -0.4 is 14.4 Å². The molecule has 3 rings (SSSR count). The fourth-order valence-electron chi connectivity index (χ4n) is 3.18. The number of ether oxygens (including phenoxy) is 2. The second-order valence-electron chi connectivity index (χ2n) is 8.01. The second-order valence-corrected chi connectivity index (χ2v) is 8.01. The lowest BCUT2D eigenvalue weighted by atomic mass is 10.1. The summed E-state index contributed by atoms with van der Waals surface area (Å²) < 4.78 is 101. The van der Waals surface area contributed by atoms with Gasteiger partial charge in [-0.3, -0.25) is 0 Å². The van der Waals surface area contributed by atoms with Crippen molar-refractivity contribution >= 4 is 5.69 Å². The first-order valence-corrected chi connectivity index (χ1v) is 10.8. The van der Waals surface area contributed by atoms with Crippen molar-refractivity contribution in [3.05, 3.63) is 84.2 Å². The summed E-state index contributed by atoms with van der Waals surface area (Å²) >= 11 is 0. The van der Waals surface area contributed by atoms with Gasteiger partial charge in [-0.25, -0.2) is 4.39 Å². The van der Waals surface area contributed by atoms with E-state index in [0.717, 1.165) is 0 Å². The molecule has 2 atom stereocenters. The first kappa shape index (κ1) is 28.1. The van der Waals surface area contributed by atoms with Crippen LogP contribution in [0.25, 0.3) is 0 Å². The maximum absolute atomic E-state index is 13.1. The van der Waals surface area contributed by atoms with Gasteiger partial charge in [0, 0.05) is 18.3 Å². The Bertz CT molecular complexity index is 1150. The lowest BCUT2D eigenvalue weighted by Gasteiger charge is -2.29. The van der Waals surface area contributed by atoms with Crippen LogP contribution in [0.2, 0.25) is 0 Å². The van der Waals surface area contributed by atoms with Crippen LogP contribution in [0.5, 0.6) is 17.2 Å². The van der Waals surface area contributed by atoms with Crippen LogP contribution in [-0.4, -0.2) is 47.9 Å². The predicted octanol–water partition coefficient (Wildman–Crippen LogP) is 5.85. The molecule has 2 unspecified atom stereocenters. The van der Waals surface area contributed by atoms with Crippen molar-refractivity contribution in [3.63, 3.8) is 0 Å². The molecule has 0 saturated heterocycles. The molecule has 3 aromatic carbocycles. The minimum absolute atomic E-state index is 0.0366. The van der Waals surface area contributed by atoms with E-state index in [-0.39, 0.29) is 29.5 Å². The number of hydrogen-bond acceptors (Lipinski definition) is 5. The molecule has 0 spiro atoms. The lowest BCUT2D eigenvalue weighted by Crippen LogP contribution is -2.40. The van der Waals surface area contributed by atoms with Crippen molar-refractivity contribution in [3.8, 4) is 17.2 Å². The minimum Gasteiger partial charge on any atom is -0.491 e. The zero-order chi connectivity index (χ0) is 27.2. The third-order valence-corrected chi connectivity index (χ3v) is 5.06. The van der Waals surface area contributed by atoms with Gasteiger partial charge in [0.15, 0.2) is 12.2 Å². The standard InChI is InChI=1S/C25H22F7NO4/c26-17-7-9-19(10-8-17)37-21-6-2-4-18(12-21)33(14-22(34)24(27,28)29)13-16-3-1-5-20(11-16)36-15-23(35)25(30,31)32/h1-12,22-23,34-35H,13-15H2. The molecule has 0 bridgehead atoms. The molecule has 200 valence electrons. The smallest absolute Gasteiger partial charge is 0.417 e. The molecule has 37 heavy (non-hydrogen) atoms. The van der Waals surface area contributed by atoms with Crippen LogP contribution in [0.3, 0.4) is 0 Å². The maximum Gasteiger partial charge on any atom is 0.417 e. The van der Waals surface area contributed by atoms with Gasteiger partial charge in [-0.1, -0.05) is 18.2 Å². The molecule has 0 aliphatic carbocycles. The van der Waals surface area contributed by atoms with E-state index in [0.29, 0.717) is 5.56 Å². The molecule has 0 amide bonds. The molecular formula is C25H22F7NO4. The summed E-state index contributed by atoms with van der Waals surface area (Å²) in [6.45, 7) is -2.11. The quantitative estimate of drug-likeness (QED) is 0.320. The van der Waals surface area contributed by atoms with Crippen LogP contribution >= 0.6 is 0 Å². The molecule has 0 fully saturated rings. The number of alkyl halides is 6. The molecule has 0 aliphatic rings. The number of aliphatic hydroxyl groups is 2. The summed E-state index contributed by atoms with van der Waals surface area (Å²) in [7, 11) is 0. The van der Waals surface area contributed by atoms with Gasteiger partial charge in [0.1, 0.15) is 29.7 Å². The van der Waals surface area contributed by atoms with E-state index in [1.807, 2.05) is 0 Å². The Hall–Kier alpha value is -3.51. The normalized spacial score (nSPS) is 13.6. The average Bonchev–Trinajstić information content (AvgIpc) is 2.83. The van der Waals surface area contributed by atoms with Crippen molar-refractivity contribution < 1.29 is 50.4 Å². The third-order valence-electron chi connectivity index (χ3n) is 5.06. The first-order valence-electron chi connectivity index (χ1n) is 10.8. The summed E-state index contributed by atoms with van der Waals surface area (Å²) in [5, 5.41) is 18.8. The minimum atomic E-state index is -4.90. The zero-order valence-corrected chi connectivity index (χ0v) is 19.0. The largest absolute Gasteiger partial charge is 0.491 e. The van der Waals surface area contributed by atoms with Gasteiger partial charge in [-0.05, 0) is 54.1 Å².